The lowest BCUT2D eigenvalue weighted by Gasteiger charge is -2.38. The van der Waals surface area contributed by atoms with E-state index in [9.17, 15) is 4.79 Å². The van der Waals surface area contributed by atoms with E-state index >= 15 is 0 Å². The van der Waals surface area contributed by atoms with E-state index < -0.39 is 5.54 Å². The summed E-state index contributed by atoms with van der Waals surface area (Å²) in [5.74, 6) is 0.380. The van der Waals surface area contributed by atoms with E-state index in [1.807, 2.05) is 25.1 Å². The third-order valence-electron chi connectivity index (χ3n) is 5.10. The zero-order valence-electron chi connectivity index (χ0n) is 15.3. The summed E-state index contributed by atoms with van der Waals surface area (Å²) in [6.07, 6.45) is 4.93. The van der Waals surface area contributed by atoms with E-state index in [0.29, 0.717) is 31.1 Å². The first-order valence-corrected chi connectivity index (χ1v) is 8.82. The number of aromatic nitrogens is 2. The second-order valence-corrected chi connectivity index (χ2v) is 6.61. The highest BCUT2D eigenvalue weighted by Gasteiger charge is 2.57. The van der Waals surface area contributed by atoms with Crippen molar-refractivity contribution in [3.63, 3.8) is 0 Å². The molecule has 8 nitrogen and oxygen atoms in total. The fourth-order valence-corrected chi connectivity index (χ4v) is 3.65. The minimum absolute atomic E-state index is 0.171. The van der Waals surface area contributed by atoms with Gasteiger partial charge in [0, 0.05) is 37.2 Å². The van der Waals surface area contributed by atoms with Crippen molar-refractivity contribution in [3.8, 4) is 16.9 Å². The number of hydrogen-bond donors (Lipinski definition) is 1. The molecule has 0 saturated carbocycles. The molecule has 2 aliphatic heterocycles. The van der Waals surface area contributed by atoms with Crippen LogP contribution >= 0.6 is 0 Å². The Morgan fingerprint density at radius 3 is 2.78 bits per heavy atom. The van der Waals surface area contributed by atoms with Gasteiger partial charge in [-0.2, -0.15) is 0 Å². The van der Waals surface area contributed by atoms with E-state index in [4.69, 9.17) is 15.2 Å². The van der Waals surface area contributed by atoms with Crippen molar-refractivity contribution in [1.82, 2.24) is 14.9 Å². The molecule has 1 amide bonds. The highest BCUT2D eigenvalue weighted by Crippen LogP contribution is 2.48. The molecule has 0 bridgehead atoms. The van der Waals surface area contributed by atoms with Crippen molar-refractivity contribution in [3.05, 3.63) is 42.5 Å². The normalized spacial score (nSPS) is 23.9. The number of likely N-dealkylation sites (N-methyl/N-ethyl adjacent to an activating group) is 1. The van der Waals surface area contributed by atoms with Gasteiger partial charge >= 0.3 is 0 Å². The maximum absolute atomic E-state index is 13.3. The monoisotopic (exact) mass is 367 g/mol. The second kappa shape index (κ2) is 6.62. The highest BCUT2D eigenvalue weighted by molar-refractivity contribution is 6.07. The first-order chi connectivity index (χ1) is 13.1. The summed E-state index contributed by atoms with van der Waals surface area (Å²) < 4.78 is 11.6. The molecule has 0 aliphatic carbocycles. The molecular formula is C19H21N5O3. The van der Waals surface area contributed by atoms with Crippen LogP contribution in [0.3, 0.4) is 0 Å². The molecule has 1 unspecified atom stereocenters. The summed E-state index contributed by atoms with van der Waals surface area (Å²) >= 11 is 0. The molecule has 0 radical (unpaired) electrons. The number of fused-ring (bicyclic) bond motifs is 2. The Labute approximate surface area is 157 Å². The van der Waals surface area contributed by atoms with E-state index in [1.165, 1.54) is 11.2 Å². The molecule has 0 fully saturated rings. The number of aliphatic imine (C=N–C) groups is 1. The molecule has 1 spiro atoms. The van der Waals surface area contributed by atoms with Gasteiger partial charge in [0.15, 0.2) is 11.5 Å². The standard InChI is InChI=1S/C19H21N5O3/c1-3-26-9-14-10-27-16-5-4-12(13-7-21-11-22-8-13)6-15(16)19(14)17(25)24(2)18(20)23-19/h4-8,11,14H,3,9-10H2,1-2H3,(H2,20,23)/t14-,19?/m1/s1. The van der Waals surface area contributed by atoms with Gasteiger partial charge in [-0.05, 0) is 24.6 Å². The quantitative estimate of drug-likeness (QED) is 0.870. The summed E-state index contributed by atoms with van der Waals surface area (Å²) in [4.78, 5) is 27.4. The van der Waals surface area contributed by atoms with Gasteiger partial charge in [-0.25, -0.2) is 15.0 Å². The van der Waals surface area contributed by atoms with Gasteiger partial charge in [0.1, 0.15) is 12.1 Å². The van der Waals surface area contributed by atoms with Crippen LogP contribution in [0.25, 0.3) is 11.1 Å². The molecule has 2 aliphatic rings. The number of nitrogens with zero attached hydrogens (tertiary/aromatic N) is 4. The fraction of sp³-hybridized carbons (Fsp3) is 0.368. The largest absolute Gasteiger partial charge is 0.493 e. The van der Waals surface area contributed by atoms with Gasteiger partial charge in [0.25, 0.3) is 5.91 Å². The van der Waals surface area contributed by atoms with Crippen LogP contribution < -0.4 is 10.5 Å². The van der Waals surface area contributed by atoms with Crippen LogP contribution in [0.15, 0.2) is 41.9 Å². The summed E-state index contributed by atoms with van der Waals surface area (Å²) in [6, 6.07) is 5.69. The van der Waals surface area contributed by atoms with Crippen LogP contribution in [0.2, 0.25) is 0 Å². The zero-order valence-corrected chi connectivity index (χ0v) is 15.3. The molecule has 2 atom stereocenters. The SMILES string of the molecule is CCOC[C@@H]1COc2ccc(-c3cncnc3)cc2C12N=C(N)N(C)C2=O. The lowest BCUT2D eigenvalue weighted by atomic mass is 9.76. The predicted molar refractivity (Wildman–Crippen MR) is 99.0 cm³/mol. The molecule has 1 aromatic carbocycles. The smallest absolute Gasteiger partial charge is 0.262 e. The molecule has 140 valence electrons. The van der Waals surface area contributed by atoms with Crippen LogP contribution in [0, 0.1) is 5.92 Å². The van der Waals surface area contributed by atoms with Gasteiger partial charge in [0.2, 0.25) is 0 Å². The van der Waals surface area contributed by atoms with Crippen LogP contribution in [0.4, 0.5) is 0 Å². The minimum atomic E-state index is -1.15. The van der Waals surface area contributed by atoms with Crippen molar-refractivity contribution in [2.45, 2.75) is 12.5 Å². The molecule has 4 rings (SSSR count). The van der Waals surface area contributed by atoms with Crippen molar-refractivity contribution in [2.24, 2.45) is 16.6 Å². The number of ether oxygens (including phenoxy) is 2. The first-order valence-electron chi connectivity index (χ1n) is 8.82. The number of carbonyl (C=O) groups is 1. The predicted octanol–water partition coefficient (Wildman–Crippen LogP) is 1.17. The van der Waals surface area contributed by atoms with Crippen LogP contribution in [-0.2, 0) is 15.1 Å². The number of nitrogens with two attached hydrogens (primary N) is 1. The van der Waals surface area contributed by atoms with E-state index in [0.717, 1.165) is 11.1 Å². The van der Waals surface area contributed by atoms with Gasteiger partial charge in [0.05, 0.1) is 19.1 Å². The molecule has 2 aromatic rings. The van der Waals surface area contributed by atoms with Crippen molar-refractivity contribution in [1.29, 1.82) is 0 Å². The van der Waals surface area contributed by atoms with Crippen molar-refractivity contribution in [2.75, 3.05) is 26.9 Å². The summed E-state index contributed by atoms with van der Waals surface area (Å²) in [7, 11) is 1.64. The Morgan fingerprint density at radius 2 is 2.11 bits per heavy atom. The van der Waals surface area contributed by atoms with Gasteiger partial charge in [-0.15, -0.1) is 0 Å². The van der Waals surface area contributed by atoms with Crippen LogP contribution in [0.5, 0.6) is 5.75 Å². The molecule has 1 aromatic heterocycles. The van der Waals surface area contributed by atoms with E-state index in [-0.39, 0.29) is 17.8 Å². The fourth-order valence-electron chi connectivity index (χ4n) is 3.65. The summed E-state index contributed by atoms with van der Waals surface area (Å²) in [5.41, 5.74) is 7.30. The van der Waals surface area contributed by atoms with Gasteiger partial charge < -0.3 is 15.2 Å². The summed E-state index contributed by atoms with van der Waals surface area (Å²) in [6.45, 7) is 3.14. The second-order valence-electron chi connectivity index (χ2n) is 6.61. The Balaban J connectivity index is 1.88. The number of rotatable bonds is 4. The van der Waals surface area contributed by atoms with Crippen LogP contribution in [-0.4, -0.2) is 53.6 Å². The van der Waals surface area contributed by atoms with Gasteiger partial charge in [-0.3, -0.25) is 9.69 Å². The van der Waals surface area contributed by atoms with E-state index in [2.05, 4.69) is 15.0 Å². The number of carbonyl (C=O) groups excluding carboxylic acids is 1. The highest BCUT2D eigenvalue weighted by atomic mass is 16.5. The average molecular weight is 367 g/mol. The van der Waals surface area contributed by atoms with E-state index in [1.54, 1.807) is 19.4 Å². The minimum Gasteiger partial charge on any atom is -0.493 e. The van der Waals surface area contributed by atoms with Crippen LogP contribution in [0.1, 0.15) is 12.5 Å². The maximum atomic E-state index is 13.3. The Hall–Kier alpha value is -3.00. The third kappa shape index (κ3) is 2.64. The average Bonchev–Trinajstić information content (AvgIpc) is 2.93. The Bertz CT molecular complexity index is 901. The Morgan fingerprint density at radius 1 is 1.33 bits per heavy atom. The topological polar surface area (TPSA) is 103 Å². The number of guanidine groups is 1. The number of hydrogen-bond acceptors (Lipinski definition) is 7. The first kappa shape index (κ1) is 17.4. The van der Waals surface area contributed by atoms with Crippen molar-refractivity contribution < 1.29 is 14.3 Å². The summed E-state index contributed by atoms with van der Waals surface area (Å²) in [5, 5.41) is 0. The zero-order chi connectivity index (χ0) is 19.0. The molecular weight excluding hydrogens is 346 g/mol. The van der Waals surface area contributed by atoms with Gasteiger partial charge in [-0.1, -0.05) is 6.07 Å². The number of benzene rings is 1. The molecule has 3 heterocycles. The lowest BCUT2D eigenvalue weighted by Crippen LogP contribution is -2.50. The lowest BCUT2D eigenvalue weighted by molar-refractivity contribution is -0.135. The van der Waals surface area contributed by atoms with Crippen molar-refractivity contribution >= 4 is 11.9 Å². The molecule has 2 N–H and O–H groups in total. The molecule has 27 heavy (non-hydrogen) atoms. The molecule has 0 saturated heterocycles. The Kier molecular flexibility index (Phi) is 4.27. The maximum Gasteiger partial charge on any atom is 0.262 e. The third-order valence-corrected chi connectivity index (χ3v) is 5.10. The number of amides is 1. The molecule has 8 heteroatoms.